The van der Waals surface area contributed by atoms with E-state index in [1.807, 2.05) is 4.57 Å². The second-order valence-corrected chi connectivity index (χ2v) is 5.39. The van der Waals surface area contributed by atoms with Gasteiger partial charge in [0.05, 0.1) is 11.4 Å². The standard InChI is InChI=1S/C12H10BrClFN3/c13-8-2-1-3-9(15)11(8)12-17-16-10(6-14)18(12)7-4-5-7/h1-3,7H,4-6H2. The lowest BCUT2D eigenvalue weighted by Crippen LogP contribution is -2.03. The van der Waals surface area contributed by atoms with E-state index in [4.69, 9.17) is 11.6 Å². The summed E-state index contributed by atoms with van der Waals surface area (Å²) in [4.78, 5) is 0. The van der Waals surface area contributed by atoms with E-state index in [0.29, 0.717) is 27.7 Å². The Balaban J connectivity index is 2.20. The molecule has 3 rings (SSSR count). The largest absolute Gasteiger partial charge is 0.307 e. The van der Waals surface area contributed by atoms with Crippen LogP contribution in [0.1, 0.15) is 24.7 Å². The third kappa shape index (κ3) is 1.95. The highest BCUT2D eigenvalue weighted by atomic mass is 79.9. The van der Waals surface area contributed by atoms with Gasteiger partial charge in [-0.1, -0.05) is 6.07 Å². The number of hydrogen-bond acceptors (Lipinski definition) is 2. The fourth-order valence-electron chi connectivity index (χ4n) is 2.01. The molecule has 0 bridgehead atoms. The first-order valence-corrected chi connectivity index (χ1v) is 6.99. The van der Waals surface area contributed by atoms with Crippen LogP contribution in [0.4, 0.5) is 4.39 Å². The lowest BCUT2D eigenvalue weighted by Gasteiger charge is -2.09. The molecular weight excluding hydrogens is 321 g/mol. The molecule has 1 saturated carbocycles. The van der Waals surface area contributed by atoms with E-state index in [1.54, 1.807) is 12.1 Å². The Hall–Kier alpha value is -0.940. The van der Waals surface area contributed by atoms with E-state index < -0.39 is 0 Å². The number of alkyl halides is 1. The molecule has 6 heteroatoms. The van der Waals surface area contributed by atoms with Crippen LogP contribution >= 0.6 is 27.5 Å². The van der Waals surface area contributed by atoms with Crippen molar-refractivity contribution in [3.63, 3.8) is 0 Å². The Bertz CT molecular complexity index is 575. The van der Waals surface area contributed by atoms with Crippen molar-refractivity contribution in [1.29, 1.82) is 0 Å². The molecule has 0 spiro atoms. The Morgan fingerprint density at radius 3 is 2.78 bits per heavy atom. The molecule has 1 fully saturated rings. The van der Waals surface area contributed by atoms with Crippen molar-refractivity contribution in [2.45, 2.75) is 24.8 Å². The summed E-state index contributed by atoms with van der Waals surface area (Å²) in [6, 6.07) is 5.23. The molecule has 1 aliphatic rings. The highest BCUT2D eigenvalue weighted by molar-refractivity contribution is 9.10. The first-order valence-electron chi connectivity index (χ1n) is 5.66. The predicted molar refractivity (Wildman–Crippen MR) is 70.9 cm³/mol. The van der Waals surface area contributed by atoms with Crippen LogP contribution in [0.2, 0.25) is 0 Å². The van der Waals surface area contributed by atoms with Crippen molar-refractivity contribution in [3.8, 4) is 11.4 Å². The molecule has 0 amide bonds. The summed E-state index contributed by atoms with van der Waals surface area (Å²) in [7, 11) is 0. The van der Waals surface area contributed by atoms with Gasteiger partial charge in [0.2, 0.25) is 0 Å². The number of rotatable bonds is 3. The zero-order valence-corrected chi connectivity index (χ0v) is 11.7. The van der Waals surface area contributed by atoms with Crippen molar-refractivity contribution in [3.05, 3.63) is 34.3 Å². The molecule has 18 heavy (non-hydrogen) atoms. The van der Waals surface area contributed by atoms with Crippen LogP contribution in [0.25, 0.3) is 11.4 Å². The van der Waals surface area contributed by atoms with Crippen molar-refractivity contribution < 1.29 is 4.39 Å². The minimum absolute atomic E-state index is 0.287. The molecule has 1 heterocycles. The molecule has 1 aromatic heterocycles. The van der Waals surface area contributed by atoms with Gasteiger partial charge in [-0.25, -0.2) is 4.39 Å². The fraction of sp³-hybridized carbons (Fsp3) is 0.333. The molecule has 3 nitrogen and oxygen atoms in total. The van der Waals surface area contributed by atoms with Crippen LogP contribution in [0.3, 0.4) is 0 Å². The lowest BCUT2D eigenvalue weighted by atomic mass is 10.2. The zero-order valence-electron chi connectivity index (χ0n) is 9.41. The molecule has 0 aliphatic heterocycles. The molecule has 94 valence electrons. The Kier molecular flexibility index (Phi) is 3.11. The van der Waals surface area contributed by atoms with E-state index in [0.717, 1.165) is 12.8 Å². The van der Waals surface area contributed by atoms with Gasteiger partial charge in [0.25, 0.3) is 0 Å². The monoisotopic (exact) mass is 329 g/mol. The van der Waals surface area contributed by atoms with Gasteiger partial charge >= 0.3 is 0 Å². The van der Waals surface area contributed by atoms with Gasteiger partial charge in [-0.2, -0.15) is 0 Å². The summed E-state index contributed by atoms with van der Waals surface area (Å²) in [5.41, 5.74) is 0.452. The maximum Gasteiger partial charge on any atom is 0.168 e. The molecule has 0 N–H and O–H groups in total. The SMILES string of the molecule is Fc1cccc(Br)c1-c1nnc(CCl)n1C1CC1. The summed E-state index contributed by atoms with van der Waals surface area (Å²) >= 11 is 9.22. The average Bonchev–Trinajstić information content (AvgIpc) is 3.10. The summed E-state index contributed by atoms with van der Waals surface area (Å²) in [5.74, 6) is 1.23. The first-order chi connectivity index (χ1) is 8.72. The number of hydrogen-bond donors (Lipinski definition) is 0. The Morgan fingerprint density at radius 1 is 1.39 bits per heavy atom. The topological polar surface area (TPSA) is 30.7 Å². The molecule has 0 saturated heterocycles. The molecule has 0 radical (unpaired) electrons. The second kappa shape index (κ2) is 4.63. The van der Waals surface area contributed by atoms with Gasteiger partial charge in [-0.05, 0) is 40.9 Å². The maximum atomic E-state index is 14.0. The number of nitrogens with zero attached hydrogens (tertiary/aromatic N) is 3. The molecule has 1 aliphatic carbocycles. The number of halogens is 3. The molecular formula is C12H10BrClFN3. The lowest BCUT2D eigenvalue weighted by molar-refractivity contribution is 0.624. The van der Waals surface area contributed by atoms with Gasteiger partial charge in [-0.15, -0.1) is 21.8 Å². The summed E-state index contributed by atoms with van der Waals surface area (Å²) in [6.45, 7) is 0. The van der Waals surface area contributed by atoms with Crippen LogP contribution in [0.15, 0.2) is 22.7 Å². The highest BCUT2D eigenvalue weighted by Gasteiger charge is 2.31. The van der Waals surface area contributed by atoms with Crippen LogP contribution in [-0.2, 0) is 5.88 Å². The van der Waals surface area contributed by atoms with Gasteiger partial charge in [0.15, 0.2) is 5.82 Å². The summed E-state index contributed by atoms with van der Waals surface area (Å²) in [6.07, 6.45) is 2.14. The van der Waals surface area contributed by atoms with Crippen LogP contribution < -0.4 is 0 Å². The van der Waals surface area contributed by atoms with E-state index in [9.17, 15) is 4.39 Å². The van der Waals surface area contributed by atoms with E-state index in [1.165, 1.54) is 6.07 Å². The molecule has 0 unspecified atom stereocenters. The zero-order chi connectivity index (χ0) is 12.7. The molecule has 0 atom stereocenters. The third-order valence-corrected chi connectivity index (χ3v) is 3.88. The first kappa shape index (κ1) is 12.1. The molecule has 2 aromatic rings. The van der Waals surface area contributed by atoms with Crippen LogP contribution in [0.5, 0.6) is 0 Å². The number of benzene rings is 1. The van der Waals surface area contributed by atoms with Crippen LogP contribution in [-0.4, -0.2) is 14.8 Å². The van der Waals surface area contributed by atoms with Gasteiger partial charge in [0.1, 0.15) is 11.6 Å². The fourth-order valence-corrected chi connectivity index (χ4v) is 2.71. The highest BCUT2D eigenvalue weighted by Crippen LogP contribution is 2.41. The maximum absolute atomic E-state index is 14.0. The normalized spacial score (nSPS) is 15.1. The summed E-state index contributed by atoms with van der Waals surface area (Å²) in [5, 5.41) is 8.15. The van der Waals surface area contributed by atoms with E-state index >= 15 is 0 Å². The van der Waals surface area contributed by atoms with Crippen molar-refractivity contribution in [1.82, 2.24) is 14.8 Å². The van der Waals surface area contributed by atoms with Crippen molar-refractivity contribution in [2.75, 3.05) is 0 Å². The Morgan fingerprint density at radius 2 is 2.17 bits per heavy atom. The van der Waals surface area contributed by atoms with E-state index in [2.05, 4.69) is 26.1 Å². The predicted octanol–water partition coefficient (Wildman–Crippen LogP) is 3.92. The van der Waals surface area contributed by atoms with Crippen molar-refractivity contribution in [2.24, 2.45) is 0 Å². The van der Waals surface area contributed by atoms with E-state index in [-0.39, 0.29) is 11.7 Å². The molecule has 1 aromatic carbocycles. The number of aromatic nitrogens is 3. The van der Waals surface area contributed by atoms with Gasteiger partial charge in [0, 0.05) is 10.5 Å². The summed E-state index contributed by atoms with van der Waals surface area (Å²) < 4.78 is 16.6. The minimum atomic E-state index is -0.306. The second-order valence-electron chi connectivity index (χ2n) is 4.27. The van der Waals surface area contributed by atoms with Crippen molar-refractivity contribution >= 4 is 27.5 Å². The van der Waals surface area contributed by atoms with Gasteiger partial charge in [-0.3, -0.25) is 0 Å². The quantitative estimate of drug-likeness (QED) is 0.799. The van der Waals surface area contributed by atoms with Crippen LogP contribution in [0, 0.1) is 5.82 Å². The minimum Gasteiger partial charge on any atom is -0.307 e. The smallest absolute Gasteiger partial charge is 0.168 e. The Labute approximate surface area is 117 Å². The third-order valence-electron chi connectivity index (χ3n) is 2.98. The average molecular weight is 331 g/mol. The van der Waals surface area contributed by atoms with Gasteiger partial charge < -0.3 is 4.57 Å².